The van der Waals surface area contributed by atoms with Crippen molar-refractivity contribution in [1.82, 2.24) is 0 Å². The lowest BCUT2D eigenvalue weighted by molar-refractivity contribution is 0.1000. The summed E-state index contributed by atoms with van der Waals surface area (Å²) in [5, 5.41) is 10.2. The minimum atomic E-state index is -0.776. The van der Waals surface area contributed by atoms with Crippen LogP contribution in [0.3, 0.4) is 0 Å². The second kappa shape index (κ2) is 6.33. The predicted octanol–water partition coefficient (Wildman–Crippen LogP) is 2.78. The summed E-state index contributed by atoms with van der Waals surface area (Å²) >= 11 is 0. The maximum Gasteiger partial charge on any atom is 0.126 e. The summed E-state index contributed by atoms with van der Waals surface area (Å²) in [5.74, 6) is -1.26. The summed E-state index contributed by atoms with van der Waals surface area (Å²) in [7, 11) is 0. The van der Waals surface area contributed by atoms with Gasteiger partial charge in [0.2, 0.25) is 0 Å². The normalized spacial score (nSPS) is 15.5. The molecular weight excluding hydrogens is 272 g/mol. The van der Waals surface area contributed by atoms with Crippen LogP contribution in [0.15, 0.2) is 48.5 Å². The van der Waals surface area contributed by atoms with Gasteiger partial charge in [-0.05, 0) is 36.6 Å². The first-order valence-electron chi connectivity index (χ1n) is 6.86. The van der Waals surface area contributed by atoms with Crippen molar-refractivity contribution in [2.24, 2.45) is 5.73 Å². The smallest absolute Gasteiger partial charge is 0.126 e. The molecule has 2 rings (SSSR count). The third-order valence-electron chi connectivity index (χ3n) is 3.95. The number of aliphatic hydroxyl groups is 1. The molecule has 0 heterocycles. The molecule has 112 valence electrons. The van der Waals surface area contributed by atoms with Crippen molar-refractivity contribution in [2.75, 3.05) is 6.54 Å². The van der Waals surface area contributed by atoms with Crippen molar-refractivity contribution in [3.63, 3.8) is 0 Å². The van der Waals surface area contributed by atoms with Crippen molar-refractivity contribution in [2.45, 2.75) is 24.9 Å². The molecule has 0 aliphatic carbocycles. The number of halogens is 2. The zero-order valence-corrected chi connectivity index (χ0v) is 11.9. The van der Waals surface area contributed by atoms with Crippen molar-refractivity contribution in [3.8, 4) is 0 Å². The Morgan fingerprint density at radius 3 is 2.14 bits per heavy atom. The van der Waals surface area contributed by atoms with Gasteiger partial charge in [0.25, 0.3) is 0 Å². The van der Waals surface area contributed by atoms with Gasteiger partial charge in [-0.3, -0.25) is 0 Å². The Hall–Kier alpha value is -1.78. The Morgan fingerprint density at radius 1 is 1.10 bits per heavy atom. The van der Waals surface area contributed by atoms with Crippen molar-refractivity contribution in [1.29, 1.82) is 0 Å². The lowest BCUT2D eigenvalue weighted by Gasteiger charge is -2.36. The summed E-state index contributed by atoms with van der Waals surface area (Å²) in [6, 6.07) is 12.7. The summed E-state index contributed by atoms with van der Waals surface area (Å²) in [6.45, 7) is 1.82. The molecule has 0 aliphatic rings. The van der Waals surface area contributed by atoms with E-state index in [9.17, 15) is 13.9 Å². The molecule has 0 amide bonds. The van der Waals surface area contributed by atoms with Crippen molar-refractivity contribution in [3.05, 3.63) is 71.3 Å². The van der Waals surface area contributed by atoms with Crippen LogP contribution in [-0.2, 0) is 11.8 Å². The van der Waals surface area contributed by atoms with Crippen LogP contribution < -0.4 is 5.73 Å². The van der Waals surface area contributed by atoms with E-state index in [1.807, 2.05) is 30.3 Å². The molecule has 2 aromatic carbocycles. The largest absolute Gasteiger partial charge is 0.392 e. The molecule has 0 saturated carbocycles. The second-order valence-corrected chi connectivity index (χ2v) is 5.36. The summed E-state index contributed by atoms with van der Waals surface area (Å²) in [6.07, 6.45) is -0.490. The van der Waals surface area contributed by atoms with E-state index in [2.05, 4.69) is 0 Å². The maximum atomic E-state index is 13.4. The number of hydrogen-bond acceptors (Lipinski definition) is 2. The summed E-state index contributed by atoms with van der Waals surface area (Å²) in [5.41, 5.74) is 6.47. The molecular formula is C17H19F2NO. The second-order valence-electron chi connectivity index (χ2n) is 5.36. The fourth-order valence-electron chi connectivity index (χ4n) is 2.70. The van der Waals surface area contributed by atoms with Gasteiger partial charge in [-0.1, -0.05) is 30.3 Å². The van der Waals surface area contributed by atoms with E-state index in [0.717, 1.165) is 11.6 Å². The molecule has 2 atom stereocenters. The van der Waals surface area contributed by atoms with Gasteiger partial charge in [0.15, 0.2) is 0 Å². The molecule has 0 spiro atoms. The summed E-state index contributed by atoms with van der Waals surface area (Å²) < 4.78 is 26.8. The van der Waals surface area contributed by atoms with Gasteiger partial charge in [-0.2, -0.15) is 0 Å². The standard InChI is InChI=1S/C17H19F2NO/c1-12(21)17(11-20,14-5-3-2-4-6-14)10-13-7-15(18)9-16(19)8-13/h2-9,12,21H,10-11,20H2,1H3. The van der Waals surface area contributed by atoms with E-state index in [1.165, 1.54) is 12.1 Å². The maximum absolute atomic E-state index is 13.4. The van der Waals surface area contributed by atoms with Gasteiger partial charge in [0, 0.05) is 18.0 Å². The Labute approximate surface area is 123 Å². The van der Waals surface area contributed by atoms with E-state index < -0.39 is 23.2 Å². The first-order valence-corrected chi connectivity index (χ1v) is 6.86. The zero-order chi connectivity index (χ0) is 15.5. The highest BCUT2D eigenvalue weighted by Crippen LogP contribution is 2.32. The molecule has 4 heteroatoms. The van der Waals surface area contributed by atoms with E-state index in [4.69, 9.17) is 5.73 Å². The molecule has 0 fully saturated rings. The molecule has 3 N–H and O–H groups in total. The molecule has 0 aromatic heterocycles. The molecule has 0 radical (unpaired) electrons. The molecule has 21 heavy (non-hydrogen) atoms. The minimum absolute atomic E-state index is 0.173. The number of benzene rings is 2. The van der Waals surface area contributed by atoms with Crippen LogP contribution in [0.5, 0.6) is 0 Å². The lowest BCUT2D eigenvalue weighted by Crippen LogP contribution is -2.46. The molecule has 0 aliphatic heterocycles. The van der Waals surface area contributed by atoms with Gasteiger partial charge < -0.3 is 10.8 Å². The quantitative estimate of drug-likeness (QED) is 0.890. The van der Waals surface area contributed by atoms with E-state index >= 15 is 0 Å². The Bertz CT molecular complexity index is 581. The van der Waals surface area contributed by atoms with Crippen LogP contribution in [0.2, 0.25) is 0 Å². The Kier molecular flexibility index (Phi) is 4.70. The number of aliphatic hydroxyl groups excluding tert-OH is 1. The monoisotopic (exact) mass is 291 g/mol. The fourth-order valence-corrected chi connectivity index (χ4v) is 2.70. The van der Waals surface area contributed by atoms with E-state index in [0.29, 0.717) is 5.56 Å². The number of nitrogens with two attached hydrogens (primary N) is 1. The molecule has 2 nitrogen and oxygen atoms in total. The first-order chi connectivity index (χ1) is 9.98. The number of hydrogen-bond donors (Lipinski definition) is 2. The highest BCUT2D eigenvalue weighted by molar-refractivity contribution is 5.32. The third kappa shape index (κ3) is 3.28. The van der Waals surface area contributed by atoms with E-state index in [1.54, 1.807) is 6.92 Å². The van der Waals surface area contributed by atoms with Crippen molar-refractivity contribution < 1.29 is 13.9 Å². The highest BCUT2D eigenvalue weighted by Gasteiger charge is 2.36. The molecule has 2 unspecified atom stereocenters. The van der Waals surface area contributed by atoms with E-state index in [-0.39, 0.29) is 13.0 Å². The van der Waals surface area contributed by atoms with Crippen molar-refractivity contribution >= 4 is 0 Å². The molecule has 2 aromatic rings. The lowest BCUT2D eigenvalue weighted by atomic mass is 9.72. The SMILES string of the molecule is CC(O)C(CN)(Cc1cc(F)cc(F)c1)c1ccccc1. The first kappa shape index (κ1) is 15.6. The van der Waals surface area contributed by atoms with Crippen LogP contribution in [0, 0.1) is 11.6 Å². The minimum Gasteiger partial charge on any atom is -0.392 e. The average molecular weight is 291 g/mol. The highest BCUT2D eigenvalue weighted by atomic mass is 19.1. The zero-order valence-electron chi connectivity index (χ0n) is 11.9. The Balaban J connectivity index is 2.46. The molecule has 0 bridgehead atoms. The van der Waals surface area contributed by atoms with Gasteiger partial charge >= 0.3 is 0 Å². The van der Waals surface area contributed by atoms with Crippen LogP contribution in [-0.4, -0.2) is 17.8 Å². The van der Waals surface area contributed by atoms with Gasteiger partial charge in [0.1, 0.15) is 11.6 Å². The fraction of sp³-hybridized carbons (Fsp3) is 0.294. The number of rotatable bonds is 5. The van der Waals surface area contributed by atoms with Gasteiger partial charge in [0.05, 0.1) is 6.10 Å². The van der Waals surface area contributed by atoms with Crippen LogP contribution in [0.1, 0.15) is 18.1 Å². The van der Waals surface area contributed by atoms with Crippen LogP contribution in [0.25, 0.3) is 0 Å². The topological polar surface area (TPSA) is 46.2 Å². The third-order valence-corrected chi connectivity index (χ3v) is 3.95. The summed E-state index contributed by atoms with van der Waals surface area (Å²) in [4.78, 5) is 0. The van der Waals surface area contributed by atoms with Gasteiger partial charge in [-0.25, -0.2) is 8.78 Å². The van der Waals surface area contributed by atoms with Gasteiger partial charge in [-0.15, -0.1) is 0 Å². The molecule has 0 saturated heterocycles. The average Bonchev–Trinajstić information content (AvgIpc) is 2.44. The van der Waals surface area contributed by atoms with Crippen LogP contribution >= 0.6 is 0 Å². The van der Waals surface area contributed by atoms with Crippen LogP contribution in [0.4, 0.5) is 8.78 Å². The predicted molar refractivity (Wildman–Crippen MR) is 78.9 cm³/mol. The Morgan fingerprint density at radius 2 is 1.67 bits per heavy atom.